The summed E-state index contributed by atoms with van der Waals surface area (Å²) in [5.41, 5.74) is 2.20. The van der Waals surface area contributed by atoms with Crippen LogP contribution in [0.5, 0.6) is 5.75 Å². The first-order chi connectivity index (χ1) is 18.7. The van der Waals surface area contributed by atoms with E-state index in [9.17, 15) is 19.1 Å². The van der Waals surface area contributed by atoms with Crippen molar-refractivity contribution in [1.29, 1.82) is 0 Å². The van der Waals surface area contributed by atoms with Crippen LogP contribution in [0.1, 0.15) is 34.0 Å². The lowest BCUT2D eigenvalue weighted by Crippen LogP contribution is -2.14. The SMILES string of the molecule is CCOC(=O)C1=C(O)/C(=C/c2cc(Cl)c(OCc3cccc(F)c3)c(Cl)c2)SC1=NC(=O)c1ccc(C)cc1. The summed E-state index contributed by atoms with van der Waals surface area (Å²) in [6, 6.07) is 15.9. The number of carbonyl (C=O) groups is 2. The van der Waals surface area contributed by atoms with Crippen molar-refractivity contribution in [2.45, 2.75) is 20.5 Å². The lowest BCUT2D eigenvalue weighted by Gasteiger charge is -2.11. The second-order valence-electron chi connectivity index (χ2n) is 8.38. The molecular weight excluding hydrogens is 564 g/mol. The molecule has 1 heterocycles. The number of hydrogen-bond donors (Lipinski definition) is 1. The average molecular weight is 586 g/mol. The molecule has 0 spiro atoms. The molecular formula is C29H22Cl2FNO5S. The summed E-state index contributed by atoms with van der Waals surface area (Å²) in [5, 5.41) is 11.3. The van der Waals surface area contributed by atoms with Gasteiger partial charge in [0, 0.05) is 5.56 Å². The summed E-state index contributed by atoms with van der Waals surface area (Å²) in [7, 11) is 0. The molecule has 0 fully saturated rings. The number of aliphatic hydroxyl groups is 1. The third-order valence-electron chi connectivity index (χ3n) is 5.46. The summed E-state index contributed by atoms with van der Waals surface area (Å²) < 4.78 is 24.2. The Morgan fingerprint density at radius 3 is 2.41 bits per heavy atom. The van der Waals surface area contributed by atoms with E-state index in [0.29, 0.717) is 16.7 Å². The second-order valence-corrected chi connectivity index (χ2v) is 10.2. The standard InChI is InChI=1S/C29H22Cl2FNO5S/c1-3-37-29(36)24-25(34)23(39-28(24)33-27(35)19-9-7-16(2)8-10-19)14-18-12-21(30)26(22(31)13-18)38-15-17-5-4-6-20(32)11-17/h4-14,34H,3,15H2,1-2H3/b23-14-,33-28?. The van der Waals surface area contributed by atoms with Crippen LogP contribution < -0.4 is 4.74 Å². The van der Waals surface area contributed by atoms with Crippen molar-refractivity contribution >= 4 is 58.0 Å². The minimum atomic E-state index is -0.807. The van der Waals surface area contributed by atoms with Gasteiger partial charge in [-0.05, 0) is 67.4 Å². The van der Waals surface area contributed by atoms with E-state index < -0.39 is 11.9 Å². The van der Waals surface area contributed by atoms with E-state index in [-0.39, 0.29) is 56.1 Å². The van der Waals surface area contributed by atoms with Crippen LogP contribution in [0.2, 0.25) is 10.0 Å². The number of hydrogen-bond acceptors (Lipinski definition) is 6. The number of aryl methyl sites for hydroxylation is 1. The summed E-state index contributed by atoms with van der Waals surface area (Å²) in [4.78, 5) is 29.7. The van der Waals surface area contributed by atoms with Gasteiger partial charge in [-0.1, -0.05) is 64.8 Å². The normalized spacial score (nSPS) is 15.2. The van der Waals surface area contributed by atoms with Gasteiger partial charge in [0.05, 0.1) is 21.6 Å². The third kappa shape index (κ3) is 6.89. The quantitative estimate of drug-likeness (QED) is 0.286. The van der Waals surface area contributed by atoms with Crippen LogP contribution in [-0.2, 0) is 16.1 Å². The van der Waals surface area contributed by atoms with Gasteiger partial charge in [0.25, 0.3) is 5.91 Å². The molecule has 6 nitrogen and oxygen atoms in total. The molecule has 4 rings (SSSR count). The molecule has 1 aliphatic rings. The zero-order valence-electron chi connectivity index (χ0n) is 20.8. The molecule has 200 valence electrons. The van der Waals surface area contributed by atoms with Crippen molar-refractivity contribution in [2.24, 2.45) is 4.99 Å². The Bertz CT molecular complexity index is 1510. The van der Waals surface area contributed by atoms with E-state index in [0.717, 1.165) is 17.3 Å². The fourth-order valence-electron chi connectivity index (χ4n) is 3.58. The lowest BCUT2D eigenvalue weighted by molar-refractivity contribution is -0.138. The van der Waals surface area contributed by atoms with E-state index in [1.165, 1.54) is 12.1 Å². The molecule has 39 heavy (non-hydrogen) atoms. The highest BCUT2D eigenvalue weighted by molar-refractivity contribution is 8.18. The monoisotopic (exact) mass is 585 g/mol. The molecule has 0 bridgehead atoms. The average Bonchev–Trinajstić information content (AvgIpc) is 3.18. The number of amides is 1. The lowest BCUT2D eigenvalue weighted by atomic mass is 10.1. The van der Waals surface area contributed by atoms with Crippen molar-refractivity contribution in [3.63, 3.8) is 0 Å². The first kappa shape index (κ1) is 28.4. The van der Waals surface area contributed by atoms with Crippen molar-refractivity contribution in [3.8, 4) is 5.75 Å². The predicted octanol–water partition coefficient (Wildman–Crippen LogP) is 7.72. The second kappa shape index (κ2) is 12.5. The molecule has 0 aromatic heterocycles. The first-order valence-electron chi connectivity index (χ1n) is 11.7. The van der Waals surface area contributed by atoms with E-state index >= 15 is 0 Å². The molecule has 3 aromatic carbocycles. The van der Waals surface area contributed by atoms with Gasteiger partial charge in [-0.15, -0.1) is 0 Å². The van der Waals surface area contributed by atoms with Crippen molar-refractivity contribution in [1.82, 2.24) is 0 Å². The minimum absolute atomic E-state index is 0.00927. The number of aliphatic hydroxyl groups excluding tert-OH is 1. The van der Waals surface area contributed by atoms with E-state index in [1.54, 1.807) is 61.5 Å². The summed E-state index contributed by atoms with van der Waals surface area (Å²) >= 11 is 13.8. The molecule has 0 saturated carbocycles. The first-order valence-corrected chi connectivity index (χ1v) is 13.3. The van der Waals surface area contributed by atoms with Crippen LogP contribution in [0.15, 0.2) is 81.9 Å². The zero-order chi connectivity index (χ0) is 28.1. The number of benzene rings is 3. The zero-order valence-corrected chi connectivity index (χ0v) is 23.2. The minimum Gasteiger partial charge on any atom is -0.506 e. The van der Waals surface area contributed by atoms with Crippen LogP contribution in [-0.4, -0.2) is 28.6 Å². The molecule has 0 aliphatic carbocycles. The van der Waals surface area contributed by atoms with E-state index in [2.05, 4.69) is 4.99 Å². The van der Waals surface area contributed by atoms with Gasteiger partial charge in [-0.25, -0.2) is 14.2 Å². The number of rotatable bonds is 7. The van der Waals surface area contributed by atoms with Crippen LogP contribution in [0.4, 0.5) is 4.39 Å². The van der Waals surface area contributed by atoms with Crippen LogP contribution in [0.25, 0.3) is 6.08 Å². The number of halogens is 3. The van der Waals surface area contributed by atoms with Gasteiger partial charge < -0.3 is 14.6 Å². The Morgan fingerprint density at radius 1 is 1.08 bits per heavy atom. The number of ether oxygens (including phenoxy) is 2. The highest BCUT2D eigenvalue weighted by Crippen LogP contribution is 2.41. The Morgan fingerprint density at radius 2 is 1.77 bits per heavy atom. The number of thioether (sulfide) groups is 1. The summed E-state index contributed by atoms with van der Waals surface area (Å²) in [6.07, 6.45) is 1.55. The smallest absolute Gasteiger partial charge is 0.344 e. The van der Waals surface area contributed by atoms with E-state index in [4.69, 9.17) is 32.7 Å². The molecule has 1 aliphatic heterocycles. The molecule has 10 heteroatoms. The summed E-state index contributed by atoms with van der Waals surface area (Å²) in [6.45, 7) is 3.64. The van der Waals surface area contributed by atoms with Crippen molar-refractivity contribution in [2.75, 3.05) is 6.61 Å². The fraction of sp³-hybridized carbons (Fsp3) is 0.138. The van der Waals surface area contributed by atoms with Gasteiger partial charge in [-0.2, -0.15) is 0 Å². The maximum atomic E-state index is 13.5. The molecule has 0 unspecified atom stereocenters. The number of carbonyl (C=O) groups excluding carboxylic acids is 2. The fourth-order valence-corrected chi connectivity index (χ4v) is 5.20. The van der Waals surface area contributed by atoms with Crippen LogP contribution in [0.3, 0.4) is 0 Å². The Hall–Kier alpha value is -3.59. The van der Waals surface area contributed by atoms with E-state index in [1.807, 2.05) is 6.92 Å². The van der Waals surface area contributed by atoms with Crippen molar-refractivity contribution in [3.05, 3.63) is 115 Å². The highest BCUT2D eigenvalue weighted by atomic mass is 35.5. The summed E-state index contributed by atoms with van der Waals surface area (Å²) in [5.74, 6) is -1.94. The van der Waals surface area contributed by atoms with Crippen LogP contribution in [0, 0.1) is 12.7 Å². The topological polar surface area (TPSA) is 85.2 Å². The Labute approximate surface area is 238 Å². The number of nitrogens with zero attached hydrogens (tertiary/aromatic N) is 1. The van der Waals surface area contributed by atoms with Gasteiger partial charge in [0.1, 0.15) is 28.8 Å². The maximum Gasteiger partial charge on any atom is 0.344 e. The largest absolute Gasteiger partial charge is 0.506 e. The Balaban J connectivity index is 1.63. The molecule has 0 atom stereocenters. The van der Waals surface area contributed by atoms with Gasteiger partial charge >= 0.3 is 5.97 Å². The van der Waals surface area contributed by atoms with Crippen LogP contribution >= 0.6 is 35.0 Å². The Kier molecular flexibility index (Phi) is 9.12. The van der Waals surface area contributed by atoms with Gasteiger partial charge in [0.15, 0.2) is 5.75 Å². The number of aliphatic imine (C=N–C) groups is 1. The third-order valence-corrected chi connectivity index (χ3v) is 7.04. The highest BCUT2D eigenvalue weighted by Gasteiger charge is 2.34. The predicted molar refractivity (Wildman–Crippen MR) is 152 cm³/mol. The van der Waals surface area contributed by atoms with Gasteiger partial charge in [-0.3, -0.25) is 4.79 Å². The molecule has 0 saturated heterocycles. The number of esters is 1. The molecule has 1 N–H and O–H groups in total. The van der Waals surface area contributed by atoms with Crippen molar-refractivity contribution < 1.29 is 28.6 Å². The maximum absolute atomic E-state index is 13.5. The van der Waals surface area contributed by atoms with Gasteiger partial charge in [0.2, 0.25) is 0 Å². The molecule has 3 aromatic rings. The molecule has 0 radical (unpaired) electrons. The molecule has 1 amide bonds.